The number of fused-ring (bicyclic) bond motifs is 2. The highest BCUT2D eigenvalue weighted by Crippen LogP contribution is 2.51. The molecule has 0 spiro atoms. The minimum Gasteiger partial charge on any atom is -0.462 e. The Morgan fingerprint density at radius 1 is 0.692 bits per heavy atom. The van der Waals surface area contributed by atoms with Crippen LogP contribution in [-0.2, 0) is 18.9 Å². The molecule has 5 heterocycles. The summed E-state index contributed by atoms with van der Waals surface area (Å²) < 4.78 is 45.9. The van der Waals surface area contributed by atoms with Crippen molar-refractivity contribution in [3.8, 4) is 11.5 Å². The minimum absolute atomic E-state index is 0.0564. The molecular formula is C45H52O20. The number of benzene rings is 2. The van der Waals surface area contributed by atoms with Crippen molar-refractivity contribution in [1.82, 2.24) is 0 Å². The van der Waals surface area contributed by atoms with Crippen LogP contribution in [0.4, 0.5) is 0 Å². The van der Waals surface area contributed by atoms with Crippen molar-refractivity contribution >= 4 is 28.0 Å². The summed E-state index contributed by atoms with van der Waals surface area (Å²) >= 11 is 0. The molecule has 0 saturated carbocycles. The molecule has 3 aliphatic heterocycles. The topological polar surface area (TPSA) is 318 Å². The molecule has 2 aromatic carbocycles. The quantitative estimate of drug-likeness (QED) is 0.0655. The summed E-state index contributed by atoms with van der Waals surface area (Å²) in [5.74, 6) is -0.389. The Labute approximate surface area is 369 Å². The van der Waals surface area contributed by atoms with E-state index in [1.807, 2.05) is 26.0 Å². The summed E-state index contributed by atoms with van der Waals surface area (Å²) in [6.07, 6.45) is -15.4. The molecule has 0 radical (unpaired) electrons. The van der Waals surface area contributed by atoms with Crippen LogP contribution in [0.1, 0.15) is 43.7 Å². The Morgan fingerprint density at radius 2 is 1.26 bits per heavy atom. The minimum atomic E-state index is -1.83. The molecule has 20 nitrogen and oxygen atoms in total. The van der Waals surface area contributed by atoms with Gasteiger partial charge in [-0.3, -0.25) is 0 Å². The SMILES string of the molecule is CC1=C[C@@H](c2cc3ccc(=O)oc3cc2O[C@@H]2O[C@H](COC3OC[C@@H](O)[C@H](O)[C@H]3O)[C@@H](O)[C@H](O)[C@H]2O)[C@@](C)(/C=C/c2cc3ccc(=O)oc3cc2O[C@@H]2O[C@H](CO)[C@@H](O)[C@H](O)[C@H]2O)CC1. The first-order valence-corrected chi connectivity index (χ1v) is 21.1. The van der Waals surface area contributed by atoms with E-state index in [1.54, 1.807) is 30.3 Å². The van der Waals surface area contributed by atoms with Crippen molar-refractivity contribution in [3.05, 3.63) is 98.2 Å². The highest BCUT2D eigenvalue weighted by Gasteiger charge is 2.48. The summed E-state index contributed by atoms with van der Waals surface area (Å²) in [5.41, 5.74) is 0.180. The van der Waals surface area contributed by atoms with Gasteiger partial charge in [-0.05, 0) is 49.4 Å². The van der Waals surface area contributed by atoms with Gasteiger partial charge in [0.05, 0.1) is 19.8 Å². The lowest BCUT2D eigenvalue weighted by Gasteiger charge is -2.42. The van der Waals surface area contributed by atoms with E-state index in [-0.39, 0.29) is 29.3 Å². The fourth-order valence-corrected chi connectivity index (χ4v) is 8.58. The van der Waals surface area contributed by atoms with Crippen LogP contribution in [-0.4, -0.2) is 157 Å². The van der Waals surface area contributed by atoms with Crippen LogP contribution < -0.4 is 20.7 Å². The zero-order valence-corrected chi connectivity index (χ0v) is 35.1. The molecule has 20 heteroatoms. The smallest absolute Gasteiger partial charge is 0.336 e. The third kappa shape index (κ3) is 9.51. The molecule has 1 aliphatic carbocycles. The highest BCUT2D eigenvalue weighted by atomic mass is 16.7. The summed E-state index contributed by atoms with van der Waals surface area (Å²) in [6, 6.07) is 12.0. The molecule has 0 bridgehead atoms. The Morgan fingerprint density at radius 3 is 1.91 bits per heavy atom. The lowest BCUT2D eigenvalue weighted by atomic mass is 9.66. The van der Waals surface area contributed by atoms with Gasteiger partial charge in [0.15, 0.2) is 6.29 Å². The monoisotopic (exact) mass is 912 g/mol. The second-order valence-corrected chi connectivity index (χ2v) is 17.2. The first-order chi connectivity index (χ1) is 30.9. The lowest BCUT2D eigenvalue weighted by Crippen LogP contribution is -2.61. The maximum Gasteiger partial charge on any atom is 0.336 e. The van der Waals surface area contributed by atoms with Crippen molar-refractivity contribution < 1.29 is 88.3 Å². The van der Waals surface area contributed by atoms with Gasteiger partial charge in [-0.2, -0.15) is 0 Å². The Balaban J connectivity index is 1.14. The van der Waals surface area contributed by atoms with E-state index in [1.165, 1.54) is 24.3 Å². The van der Waals surface area contributed by atoms with Crippen LogP contribution in [0.25, 0.3) is 28.0 Å². The standard InChI is InChI=1S/C45H52O20/c1-19-7-9-45(2,10-8-22-12-20-3-5-32(48)60-26(20)14-28(22)62-43-40(56)37(53)35(51)30(16-46)64-43)24(11-19)23-13-21-4-6-33(49)61-27(21)15-29(23)63-44-41(57)38(54)36(52)31(65-44)18-59-42-39(55)34(50)25(47)17-58-42/h3-6,8,10-15,24-25,30-31,34-44,46-47,50-57H,7,9,16-18H2,1-2H3/b10-8+/t24-,25+,30+,31+,34-,35+,36+,37-,38-,39+,40+,41+,42?,43+,44+,45+/m0/s1. The maximum atomic E-state index is 12.4. The Bertz CT molecular complexity index is 2520. The number of rotatable bonds is 11. The van der Waals surface area contributed by atoms with Crippen molar-refractivity contribution in [3.63, 3.8) is 0 Å². The van der Waals surface area contributed by atoms with Gasteiger partial charge in [0.2, 0.25) is 12.6 Å². The lowest BCUT2D eigenvalue weighted by molar-refractivity contribution is -0.307. The molecule has 65 heavy (non-hydrogen) atoms. The molecule has 1 unspecified atom stereocenters. The average Bonchev–Trinajstić information content (AvgIpc) is 3.28. The van der Waals surface area contributed by atoms with Gasteiger partial charge in [-0.15, -0.1) is 0 Å². The summed E-state index contributed by atoms with van der Waals surface area (Å²) in [6.45, 7) is 2.39. The van der Waals surface area contributed by atoms with Gasteiger partial charge in [0.1, 0.15) is 89.8 Å². The van der Waals surface area contributed by atoms with E-state index in [9.17, 15) is 60.7 Å². The molecule has 8 rings (SSSR count). The van der Waals surface area contributed by atoms with Crippen LogP contribution in [0.5, 0.6) is 11.5 Å². The molecule has 352 valence electrons. The van der Waals surface area contributed by atoms with Crippen LogP contribution in [0.2, 0.25) is 0 Å². The molecular weight excluding hydrogens is 860 g/mol. The third-order valence-corrected chi connectivity index (χ3v) is 12.6. The molecule has 10 N–H and O–H groups in total. The van der Waals surface area contributed by atoms with Crippen molar-refractivity contribution in [2.45, 2.75) is 119 Å². The van der Waals surface area contributed by atoms with Gasteiger partial charge in [0, 0.05) is 52.1 Å². The molecule has 2 aromatic heterocycles. The molecule has 3 fully saturated rings. The van der Waals surface area contributed by atoms with E-state index >= 15 is 0 Å². The third-order valence-electron chi connectivity index (χ3n) is 12.6. The maximum absolute atomic E-state index is 12.4. The van der Waals surface area contributed by atoms with Crippen molar-refractivity contribution in [2.24, 2.45) is 5.41 Å². The fourth-order valence-electron chi connectivity index (χ4n) is 8.58. The second-order valence-electron chi connectivity index (χ2n) is 17.2. The Hall–Kier alpha value is -4.62. The first kappa shape index (κ1) is 46.9. The van der Waals surface area contributed by atoms with Crippen LogP contribution in [0.15, 0.2) is 84.7 Å². The largest absolute Gasteiger partial charge is 0.462 e. The van der Waals surface area contributed by atoms with Crippen LogP contribution in [0, 0.1) is 5.41 Å². The molecule has 4 aromatic rings. The molecule has 4 aliphatic rings. The average molecular weight is 913 g/mol. The molecule has 3 saturated heterocycles. The van der Waals surface area contributed by atoms with E-state index in [0.717, 1.165) is 5.57 Å². The van der Waals surface area contributed by atoms with E-state index < -0.39 is 122 Å². The molecule has 16 atom stereocenters. The fraction of sp³-hybridized carbons (Fsp3) is 0.511. The van der Waals surface area contributed by atoms with Crippen molar-refractivity contribution in [2.75, 3.05) is 19.8 Å². The summed E-state index contributed by atoms with van der Waals surface area (Å²) in [5, 5.41) is 106. The van der Waals surface area contributed by atoms with Gasteiger partial charge >= 0.3 is 11.3 Å². The van der Waals surface area contributed by atoms with Crippen LogP contribution >= 0.6 is 0 Å². The summed E-state index contributed by atoms with van der Waals surface area (Å²) in [7, 11) is 0. The predicted octanol–water partition coefficient (Wildman–Crippen LogP) is -0.736. The van der Waals surface area contributed by atoms with E-state index in [2.05, 4.69) is 0 Å². The van der Waals surface area contributed by atoms with Crippen molar-refractivity contribution in [1.29, 1.82) is 0 Å². The predicted molar refractivity (Wildman–Crippen MR) is 223 cm³/mol. The van der Waals surface area contributed by atoms with Gasteiger partial charge in [-0.1, -0.05) is 30.7 Å². The van der Waals surface area contributed by atoms with Gasteiger partial charge < -0.3 is 88.3 Å². The zero-order chi connectivity index (χ0) is 46.5. The number of ether oxygens (including phenoxy) is 6. The number of hydrogen-bond donors (Lipinski definition) is 10. The van der Waals surface area contributed by atoms with Gasteiger partial charge in [-0.25, -0.2) is 9.59 Å². The number of allylic oxidation sites excluding steroid dienone is 3. The number of aliphatic hydroxyl groups is 10. The van der Waals surface area contributed by atoms with E-state index in [0.29, 0.717) is 34.7 Å². The second kappa shape index (κ2) is 18.9. The van der Waals surface area contributed by atoms with Gasteiger partial charge in [0.25, 0.3) is 0 Å². The van der Waals surface area contributed by atoms with E-state index in [4.69, 9.17) is 37.3 Å². The zero-order valence-electron chi connectivity index (χ0n) is 35.1. The highest BCUT2D eigenvalue weighted by molar-refractivity contribution is 5.83. The normalized spacial score (nSPS) is 36.8. The summed E-state index contributed by atoms with van der Waals surface area (Å²) in [4.78, 5) is 24.6. The number of aliphatic hydroxyl groups excluding tert-OH is 10. The van der Waals surface area contributed by atoms with Crippen LogP contribution in [0.3, 0.4) is 0 Å². The molecule has 0 amide bonds. The number of hydrogen-bond acceptors (Lipinski definition) is 20. The Kier molecular flexibility index (Phi) is 13.7. The first-order valence-electron chi connectivity index (χ1n) is 21.1.